The zero-order chi connectivity index (χ0) is 40.5. The molecule has 14 nitrogen and oxygen atoms in total. The van der Waals surface area contributed by atoms with Crippen molar-refractivity contribution in [3.63, 3.8) is 0 Å². The Balaban J connectivity index is 0.00000331. The fourth-order valence-electron chi connectivity index (χ4n) is 7.76. The summed E-state index contributed by atoms with van der Waals surface area (Å²) < 4.78 is 40.6. The number of para-hydroxylation sites is 1. The number of aryl methyl sites for hydroxylation is 1. The average molecular weight is 860 g/mol. The van der Waals surface area contributed by atoms with Gasteiger partial charge in [0, 0.05) is 37.5 Å². The van der Waals surface area contributed by atoms with Crippen LogP contribution in [0.25, 0.3) is 10.9 Å². The molecule has 0 bridgehead atoms. The predicted molar refractivity (Wildman–Crippen MR) is 213 cm³/mol. The van der Waals surface area contributed by atoms with Crippen LogP contribution in [0.15, 0.2) is 121 Å². The van der Waals surface area contributed by atoms with Gasteiger partial charge in [-0.3, -0.25) is 23.5 Å². The van der Waals surface area contributed by atoms with E-state index in [0.29, 0.717) is 34.4 Å². The van der Waals surface area contributed by atoms with Gasteiger partial charge in [-0.1, -0.05) is 96.6 Å². The van der Waals surface area contributed by atoms with Crippen molar-refractivity contribution in [3.05, 3.63) is 138 Å². The quantitative estimate of drug-likeness (QED) is 0.0946. The minimum absolute atomic E-state index is 0. The van der Waals surface area contributed by atoms with Crippen molar-refractivity contribution in [2.75, 3.05) is 19.6 Å². The summed E-state index contributed by atoms with van der Waals surface area (Å²) >= 11 is 0. The Kier molecular flexibility index (Phi) is 15.8. The molecule has 3 aromatic carbocycles. The molecule has 3 amide bonds. The number of hydrogen-bond acceptors (Lipinski definition) is 10. The standard InChI is InChI=1S/C41H46N5O9PS.2Na/c1-3-23-43-28-39(48)45-36(25-31-14-17-34(18-15-31)55-56(50,51)52)41(49)42(27-37(45)46(43)38(47)21-16-30-8-5-4-6-9-30)26-33-11-7-10-32-22-24-44(40(32)33)57(53,54)35-19-12-29(2)13-20-35;;/h3-12,14-15,17-20,22,24,29,36-37,53-54H,1,13,16,21,23,25-28H2,2H3,(H2,50,51,52);;/q;2*+1/p-2/t29?,36-,37-;;/m0../s1. The van der Waals surface area contributed by atoms with Crippen molar-refractivity contribution in [1.82, 2.24) is 23.8 Å². The fourth-order valence-corrected chi connectivity index (χ4v) is 9.66. The van der Waals surface area contributed by atoms with Gasteiger partial charge in [0.2, 0.25) is 17.7 Å². The molecule has 2 aliphatic heterocycles. The van der Waals surface area contributed by atoms with Crippen molar-refractivity contribution in [3.8, 4) is 5.75 Å². The largest absolute Gasteiger partial charge is 1.00 e. The van der Waals surface area contributed by atoms with Crippen molar-refractivity contribution < 1.29 is 101 Å². The number of hydrazine groups is 1. The topological polar surface area (TPSA) is 182 Å². The van der Waals surface area contributed by atoms with E-state index in [0.717, 1.165) is 10.9 Å². The molecule has 3 aliphatic rings. The molecule has 7 rings (SSSR count). The fraction of sp³-hybridized carbons (Fsp3) is 0.293. The van der Waals surface area contributed by atoms with Crippen LogP contribution < -0.4 is 73.4 Å². The van der Waals surface area contributed by atoms with E-state index in [9.17, 15) is 37.8 Å². The van der Waals surface area contributed by atoms with Crippen LogP contribution >= 0.6 is 18.6 Å². The van der Waals surface area contributed by atoms with Gasteiger partial charge in [0.05, 0.1) is 23.5 Å². The molecule has 0 radical (unpaired) electrons. The summed E-state index contributed by atoms with van der Waals surface area (Å²) in [5.74, 6) is -0.935. The van der Waals surface area contributed by atoms with Crippen molar-refractivity contribution in [2.24, 2.45) is 5.92 Å². The molecule has 1 unspecified atom stereocenters. The maximum Gasteiger partial charge on any atom is 1.00 e. The molecule has 3 atom stereocenters. The molecule has 2 N–H and O–H groups in total. The Morgan fingerprint density at radius 1 is 1.00 bits per heavy atom. The number of nitrogens with zero attached hydrogens (tertiary/aromatic N) is 5. The van der Waals surface area contributed by atoms with Crippen molar-refractivity contribution >= 4 is 47.2 Å². The van der Waals surface area contributed by atoms with E-state index in [2.05, 4.69) is 11.1 Å². The smallest absolute Gasteiger partial charge is 0.780 e. The first-order valence-electron chi connectivity index (χ1n) is 18.6. The third-order valence-corrected chi connectivity index (χ3v) is 12.7. The van der Waals surface area contributed by atoms with Gasteiger partial charge in [-0.05, 0) is 59.7 Å². The van der Waals surface area contributed by atoms with E-state index in [1.54, 1.807) is 39.3 Å². The number of fused-ring (bicyclic) bond motifs is 2. The number of allylic oxidation sites excluding steroid dienone is 3. The van der Waals surface area contributed by atoms with Crippen LogP contribution in [0, 0.1) is 5.92 Å². The second-order valence-electron chi connectivity index (χ2n) is 14.5. The van der Waals surface area contributed by atoms with E-state index in [1.807, 2.05) is 67.6 Å². The molecular formula is C41H44N5Na2O9PS. The molecule has 300 valence electrons. The first-order valence-corrected chi connectivity index (χ1v) is 21.6. The Morgan fingerprint density at radius 2 is 1.73 bits per heavy atom. The number of phosphoric ester groups is 1. The van der Waals surface area contributed by atoms with Gasteiger partial charge in [-0.2, -0.15) is 0 Å². The van der Waals surface area contributed by atoms with Crippen LogP contribution in [0.1, 0.15) is 36.5 Å². The first kappa shape index (κ1) is 47.1. The summed E-state index contributed by atoms with van der Waals surface area (Å²) in [6, 6.07) is 21.4. The van der Waals surface area contributed by atoms with E-state index in [-0.39, 0.29) is 122 Å². The maximum absolute atomic E-state index is 14.8. The molecular weight excluding hydrogens is 815 g/mol. The maximum atomic E-state index is 14.8. The number of rotatable bonds is 13. The number of phosphoric acid groups is 1. The number of carbonyl (C=O) groups excluding carboxylic acids is 3. The molecule has 2 saturated heterocycles. The predicted octanol–water partition coefficient (Wildman–Crippen LogP) is -1.16. The number of amides is 3. The third-order valence-electron chi connectivity index (χ3n) is 10.5. The molecule has 1 aromatic heterocycles. The Morgan fingerprint density at radius 3 is 2.39 bits per heavy atom. The number of hydrogen-bond donors (Lipinski definition) is 2. The first-order chi connectivity index (χ1) is 27.2. The van der Waals surface area contributed by atoms with E-state index in [1.165, 1.54) is 33.1 Å². The van der Waals surface area contributed by atoms with E-state index >= 15 is 0 Å². The molecule has 2 fully saturated rings. The Hall–Kier alpha value is -2.99. The van der Waals surface area contributed by atoms with Gasteiger partial charge in [-0.15, -0.1) is 6.58 Å². The van der Waals surface area contributed by atoms with Crippen LogP contribution in [0.4, 0.5) is 0 Å². The zero-order valence-electron chi connectivity index (χ0n) is 33.3. The minimum Gasteiger partial charge on any atom is -0.780 e. The molecule has 1 aliphatic carbocycles. The zero-order valence-corrected chi connectivity index (χ0v) is 39.0. The number of aromatic nitrogens is 1. The molecule has 0 spiro atoms. The third kappa shape index (κ3) is 10.6. The number of piperazine rings is 1. The normalized spacial score (nSPS) is 20.1. The van der Waals surface area contributed by atoms with Crippen LogP contribution in [-0.4, -0.2) is 82.5 Å². The Bertz CT molecular complexity index is 2290. The van der Waals surface area contributed by atoms with Gasteiger partial charge < -0.3 is 28.7 Å². The van der Waals surface area contributed by atoms with Crippen LogP contribution in [-0.2, 0) is 38.3 Å². The van der Waals surface area contributed by atoms with Gasteiger partial charge in [0.25, 0.3) is 0 Å². The minimum atomic E-state index is -5.31. The van der Waals surface area contributed by atoms with Gasteiger partial charge in [0.15, 0.2) is 0 Å². The summed E-state index contributed by atoms with van der Waals surface area (Å²) in [6.07, 6.45) is 9.09. The summed E-state index contributed by atoms with van der Waals surface area (Å²) in [7, 11) is -8.81. The number of benzene rings is 3. The molecule has 59 heavy (non-hydrogen) atoms. The molecule has 4 aromatic rings. The SMILES string of the molecule is C=CCN1CC(=O)N2[C@@H](Cc3ccc(OP(=O)([O-])[O-])cc3)C(=O)N(Cc3cccc4ccn(S(O)(O)C5=CCC(C)C=C5)c34)C[C@@H]2N1C(=O)CCc1ccccc1.[Na+].[Na+]. The monoisotopic (exact) mass is 859 g/mol. The van der Waals surface area contributed by atoms with E-state index in [4.69, 9.17) is 0 Å². The van der Waals surface area contributed by atoms with Gasteiger partial charge in [0.1, 0.15) is 25.8 Å². The molecule has 18 heteroatoms. The average Bonchev–Trinajstić information content (AvgIpc) is 3.63. The summed E-state index contributed by atoms with van der Waals surface area (Å²) in [5.41, 5.74) is 2.67. The summed E-state index contributed by atoms with van der Waals surface area (Å²) in [4.78, 5) is 69.1. The molecule has 0 saturated carbocycles. The summed E-state index contributed by atoms with van der Waals surface area (Å²) in [6.45, 7) is 5.90. The second kappa shape index (κ2) is 19.8. The van der Waals surface area contributed by atoms with Crippen LogP contribution in [0.3, 0.4) is 0 Å². The summed E-state index contributed by atoms with van der Waals surface area (Å²) in [5, 5.41) is 3.95. The van der Waals surface area contributed by atoms with Crippen molar-refractivity contribution in [2.45, 2.75) is 51.4 Å². The van der Waals surface area contributed by atoms with E-state index < -0.39 is 36.7 Å². The van der Waals surface area contributed by atoms with Crippen LogP contribution in [0.5, 0.6) is 5.75 Å². The molecule has 3 heterocycles. The van der Waals surface area contributed by atoms with Gasteiger partial charge >= 0.3 is 59.1 Å². The number of carbonyl (C=O) groups is 3. The van der Waals surface area contributed by atoms with Crippen LogP contribution in [0.2, 0.25) is 0 Å². The van der Waals surface area contributed by atoms with Crippen molar-refractivity contribution in [1.29, 1.82) is 0 Å². The van der Waals surface area contributed by atoms with Gasteiger partial charge in [-0.25, -0.2) is 14.0 Å². The Labute approximate surface area is 389 Å². The second-order valence-corrected chi connectivity index (χ2v) is 17.4.